The lowest BCUT2D eigenvalue weighted by Gasteiger charge is -2.08. The summed E-state index contributed by atoms with van der Waals surface area (Å²) in [6.07, 6.45) is 5.33. The molecule has 4 heterocycles. The molecule has 122 valence electrons. The number of hydrogen-bond donors (Lipinski definition) is 1. The van der Waals surface area contributed by atoms with Gasteiger partial charge in [-0.25, -0.2) is 9.67 Å². The summed E-state index contributed by atoms with van der Waals surface area (Å²) in [6, 6.07) is 10.2. The van der Waals surface area contributed by atoms with E-state index in [-0.39, 0.29) is 0 Å². The number of nitrogens with zero attached hydrogens (tertiary/aromatic N) is 6. The molecule has 1 N–H and O–H groups in total. The first kappa shape index (κ1) is 13.9. The fraction of sp³-hybridized carbons (Fsp3) is 0.111. The normalized spacial score (nSPS) is 11.6. The average molecular weight is 329 g/mol. The molecule has 1 aromatic carbocycles. The van der Waals surface area contributed by atoms with Gasteiger partial charge in [0.2, 0.25) is 0 Å². The van der Waals surface area contributed by atoms with Crippen molar-refractivity contribution in [1.29, 1.82) is 0 Å². The zero-order chi connectivity index (χ0) is 17.0. The maximum atomic E-state index is 4.57. The lowest BCUT2D eigenvalue weighted by atomic mass is 10.2. The second kappa shape index (κ2) is 5.01. The van der Waals surface area contributed by atoms with Crippen LogP contribution in [-0.2, 0) is 0 Å². The van der Waals surface area contributed by atoms with Crippen molar-refractivity contribution in [3.63, 3.8) is 0 Å². The smallest absolute Gasteiger partial charge is 0.200 e. The molecular formula is C18H15N7. The van der Waals surface area contributed by atoms with Crippen molar-refractivity contribution in [2.24, 2.45) is 0 Å². The number of aryl methyl sites for hydroxylation is 2. The Bertz CT molecular complexity index is 1210. The van der Waals surface area contributed by atoms with Gasteiger partial charge in [0.1, 0.15) is 6.33 Å². The zero-order valence-electron chi connectivity index (χ0n) is 13.8. The Morgan fingerprint density at radius 1 is 1.04 bits per heavy atom. The van der Waals surface area contributed by atoms with Crippen LogP contribution in [0, 0.1) is 13.8 Å². The molecule has 5 aromatic rings. The molecule has 0 aliphatic heterocycles. The van der Waals surface area contributed by atoms with Crippen molar-refractivity contribution < 1.29 is 0 Å². The van der Waals surface area contributed by atoms with Gasteiger partial charge in [0.15, 0.2) is 11.6 Å². The third-order valence-corrected chi connectivity index (χ3v) is 4.35. The van der Waals surface area contributed by atoms with Gasteiger partial charge in [-0.05, 0) is 26.0 Å². The highest BCUT2D eigenvalue weighted by molar-refractivity contribution is 6.12. The van der Waals surface area contributed by atoms with E-state index in [9.17, 15) is 0 Å². The molecule has 5 rings (SSSR count). The second-order valence-corrected chi connectivity index (χ2v) is 6.08. The van der Waals surface area contributed by atoms with Crippen molar-refractivity contribution in [3.05, 3.63) is 60.4 Å². The highest BCUT2D eigenvalue weighted by atomic mass is 15.4. The molecule has 0 unspecified atom stereocenters. The van der Waals surface area contributed by atoms with Gasteiger partial charge in [-0.3, -0.25) is 4.57 Å². The standard InChI is InChI=1S/C18H15N7/c1-11-9-12(2)25(23-11)18-16-15(13-5-3-4-6-14(13)20-16)17(21-22-18)24-8-7-19-10-24/h3-10,20H,1-2H3. The minimum absolute atomic E-state index is 0.695. The lowest BCUT2D eigenvalue weighted by molar-refractivity contribution is 0.782. The molecule has 0 saturated carbocycles. The van der Waals surface area contributed by atoms with Crippen LogP contribution in [0.1, 0.15) is 11.4 Å². The predicted molar refractivity (Wildman–Crippen MR) is 95.1 cm³/mol. The monoisotopic (exact) mass is 329 g/mol. The molecule has 0 radical (unpaired) electrons. The molecule has 0 fully saturated rings. The van der Waals surface area contributed by atoms with E-state index in [1.54, 1.807) is 12.5 Å². The van der Waals surface area contributed by atoms with Crippen LogP contribution in [0.3, 0.4) is 0 Å². The second-order valence-electron chi connectivity index (χ2n) is 6.08. The Labute approximate surface area is 143 Å². The van der Waals surface area contributed by atoms with E-state index in [1.807, 2.05) is 47.5 Å². The Morgan fingerprint density at radius 2 is 1.88 bits per heavy atom. The number of aromatic amines is 1. The maximum absolute atomic E-state index is 4.57. The molecule has 7 heteroatoms. The van der Waals surface area contributed by atoms with E-state index in [1.165, 1.54) is 0 Å². The quantitative estimate of drug-likeness (QED) is 0.540. The minimum atomic E-state index is 0.695. The van der Waals surface area contributed by atoms with Crippen LogP contribution in [0.15, 0.2) is 49.1 Å². The number of hydrogen-bond acceptors (Lipinski definition) is 4. The third-order valence-electron chi connectivity index (χ3n) is 4.35. The number of fused-ring (bicyclic) bond motifs is 3. The topological polar surface area (TPSA) is 77.2 Å². The van der Waals surface area contributed by atoms with Gasteiger partial charge in [-0.2, -0.15) is 5.10 Å². The van der Waals surface area contributed by atoms with Gasteiger partial charge in [0, 0.05) is 29.0 Å². The van der Waals surface area contributed by atoms with Crippen molar-refractivity contribution in [2.75, 3.05) is 0 Å². The molecule has 0 spiro atoms. The summed E-state index contributed by atoms with van der Waals surface area (Å²) in [7, 11) is 0. The van der Waals surface area contributed by atoms with Crippen molar-refractivity contribution >= 4 is 21.8 Å². The van der Waals surface area contributed by atoms with Gasteiger partial charge >= 0.3 is 0 Å². The number of para-hydroxylation sites is 1. The summed E-state index contributed by atoms with van der Waals surface area (Å²) in [5, 5.41) is 15.6. The van der Waals surface area contributed by atoms with E-state index in [4.69, 9.17) is 0 Å². The molecule has 25 heavy (non-hydrogen) atoms. The SMILES string of the molecule is Cc1cc(C)n(-c2nnc(-n3ccnc3)c3c2[nH]c2ccccc23)n1. The molecule has 0 amide bonds. The lowest BCUT2D eigenvalue weighted by Crippen LogP contribution is -2.07. The predicted octanol–water partition coefficient (Wildman–Crippen LogP) is 3.10. The summed E-state index contributed by atoms with van der Waals surface area (Å²) in [5.41, 5.74) is 3.91. The van der Waals surface area contributed by atoms with Crippen LogP contribution in [0.4, 0.5) is 0 Å². The number of nitrogens with one attached hydrogen (secondary N) is 1. The number of benzene rings is 1. The molecule has 0 bridgehead atoms. The van der Waals surface area contributed by atoms with Gasteiger partial charge < -0.3 is 4.98 Å². The highest BCUT2D eigenvalue weighted by Crippen LogP contribution is 2.32. The minimum Gasteiger partial charge on any atom is -0.351 e. The maximum Gasteiger partial charge on any atom is 0.200 e. The first-order valence-electron chi connectivity index (χ1n) is 8.01. The van der Waals surface area contributed by atoms with Crippen LogP contribution in [0.25, 0.3) is 33.4 Å². The van der Waals surface area contributed by atoms with Crippen LogP contribution in [0.2, 0.25) is 0 Å². The van der Waals surface area contributed by atoms with Gasteiger partial charge in [0.25, 0.3) is 0 Å². The molecule has 0 aliphatic rings. The Morgan fingerprint density at radius 3 is 2.64 bits per heavy atom. The molecule has 4 aromatic heterocycles. The Hall–Kier alpha value is -3.48. The van der Waals surface area contributed by atoms with E-state index < -0.39 is 0 Å². The largest absolute Gasteiger partial charge is 0.351 e. The van der Waals surface area contributed by atoms with Gasteiger partial charge in [-0.15, -0.1) is 10.2 Å². The van der Waals surface area contributed by atoms with E-state index in [0.29, 0.717) is 5.82 Å². The van der Waals surface area contributed by atoms with E-state index in [2.05, 4.69) is 37.4 Å². The Kier molecular flexibility index (Phi) is 2.79. The molecule has 7 nitrogen and oxygen atoms in total. The number of imidazole rings is 1. The highest BCUT2D eigenvalue weighted by Gasteiger charge is 2.18. The summed E-state index contributed by atoms with van der Waals surface area (Å²) in [5.74, 6) is 1.44. The fourth-order valence-electron chi connectivity index (χ4n) is 3.29. The van der Waals surface area contributed by atoms with E-state index >= 15 is 0 Å². The first-order valence-corrected chi connectivity index (χ1v) is 8.01. The average Bonchev–Trinajstić information content (AvgIpc) is 3.32. The summed E-state index contributed by atoms with van der Waals surface area (Å²) in [4.78, 5) is 7.62. The zero-order valence-corrected chi connectivity index (χ0v) is 13.8. The first-order chi connectivity index (χ1) is 12.2. The third kappa shape index (κ3) is 1.99. The number of rotatable bonds is 2. The molecule has 0 saturated heterocycles. The molecular weight excluding hydrogens is 314 g/mol. The van der Waals surface area contributed by atoms with Crippen LogP contribution in [-0.4, -0.2) is 34.5 Å². The van der Waals surface area contributed by atoms with Crippen LogP contribution in [0.5, 0.6) is 0 Å². The van der Waals surface area contributed by atoms with Crippen LogP contribution >= 0.6 is 0 Å². The molecule has 0 aliphatic carbocycles. The summed E-state index contributed by atoms with van der Waals surface area (Å²) in [6.45, 7) is 3.99. The Balaban J connectivity index is 1.93. The van der Waals surface area contributed by atoms with Crippen LogP contribution < -0.4 is 0 Å². The van der Waals surface area contributed by atoms with E-state index in [0.717, 1.165) is 39.0 Å². The van der Waals surface area contributed by atoms with Crippen molar-refractivity contribution in [1.82, 2.24) is 34.5 Å². The summed E-state index contributed by atoms with van der Waals surface area (Å²) < 4.78 is 3.71. The summed E-state index contributed by atoms with van der Waals surface area (Å²) >= 11 is 0. The van der Waals surface area contributed by atoms with Crippen molar-refractivity contribution in [3.8, 4) is 11.6 Å². The number of aromatic nitrogens is 7. The van der Waals surface area contributed by atoms with Crippen molar-refractivity contribution in [2.45, 2.75) is 13.8 Å². The number of H-pyrrole nitrogens is 1. The fourth-order valence-corrected chi connectivity index (χ4v) is 3.29. The van der Waals surface area contributed by atoms with Gasteiger partial charge in [-0.1, -0.05) is 18.2 Å². The molecule has 0 atom stereocenters. The van der Waals surface area contributed by atoms with Gasteiger partial charge in [0.05, 0.1) is 16.6 Å².